The number of ether oxygens (including phenoxy) is 1. The quantitative estimate of drug-likeness (QED) is 0.303. The van der Waals surface area contributed by atoms with Gasteiger partial charge in [0.15, 0.2) is 11.6 Å². The summed E-state index contributed by atoms with van der Waals surface area (Å²) < 4.78 is 10.8. The third-order valence-electron chi connectivity index (χ3n) is 4.56. The molecule has 0 aliphatic rings. The van der Waals surface area contributed by atoms with Crippen LogP contribution >= 0.6 is 0 Å². The van der Waals surface area contributed by atoms with E-state index >= 15 is 0 Å². The number of carbonyl (C=O) groups is 2. The predicted octanol–water partition coefficient (Wildman–Crippen LogP) is 2.98. The number of hydrogen-bond acceptors (Lipinski definition) is 6. The van der Waals surface area contributed by atoms with E-state index in [1.54, 1.807) is 12.1 Å². The summed E-state index contributed by atoms with van der Waals surface area (Å²) in [6.07, 6.45) is 8.31. The summed E-state index contributed by atoms with van der Waals surface area (Å²) in [6, 6.07) is 7.12. The van der Waals surface area contributed by atoms with Crippen molar-refractivity contribution < 1.29 is 18.7 Å². The number of unbranched alkanes of at least 4 members (excludes halogenated alkanes) is 4. The largest absolute Gasteiger partial charge is 0.448 e. The molecule has 0 fully saturated rings. The first kappa shape index (κ1) is 23.6. The highest BCUT2D eigenvalue weighted by Crippen LogP contribution is 2.11. The molecular weight excluding hydrogens is 384 g/mol. The summed E-state index contributed by atoms with van der Waals surface area (Å²) in [7, 11) is 0. The zero-order valence-corrected chi connectivity index (χ0v) is 17.6. The Hall–Kier alpha value is -2.71. The first-order valence-electron chi connectivity index (χ1n) is 10.5. The summed E-state index contributed by atoms with van der Waals surface area (Å²) in [4.78, 5) is 27.2. The van der Waals surface area contributed by atoms with Crippen LogP contribution in [-0.4, -0.2) is 36.6 Å². The van der Waals surface area contributed by atoms with Crippen LogP contribution < -0.4 is 16.6 Å². The minimum Gasteiger partial charge on any atom is -0.448 e. The Labute approximate surface area is 177 Å². The molecule has 0 saturated heterocycles. The van der Waals surface area contributed by atoms with Crippen LogP contribution in [-0.2, 0) is 11.2 Å². The number of oxazole rings is 1. The standard InChI is InChI=1S/C22H32N4O4/c1-2-3-6-13-29-14-7-4-5-12-24-26-22(28)18-10-8-17(9-11-18)15-20-25-19(16-30-20)21(23)27/h8-11,16,24H,2-7,12-15H2,1H3,(H2,23,27)(H,26,28). The van der Waals surface area contributed by atoms with E-state index in [-0.39, 0.29) is 11.6 Å². The molecule has 2 aromatic rings. The van der Waals surface area contributed by atoms with E-state index in [0.717, 1.165) is 44.5 Å². The van der Waals surface area contributed by atoms with Crippen molar-refractivity contribution in [2.24, 2.45) is 5.73 Å². The average molecular weight is 417 g/mol. The second-order valence-electron chi connectivity index (χ2n) is 7.13. The van der Waals surface area contributed by atoms with Gasteiger partial charge in [0.1, 0.15) is 6.26 Å². The number of rotatable bonds is 15. The van der Waals surface area contributed by atoms with Gasteiger partial charge < -0.3 is 14.9 Å². The Kier molecular flexibility index (Phi) is 10.6. The Balaban J connectivity index is 1.59. The fraction of sp³-hybridized carbons (Fsp3) is 0.500. The summed E-state index contributed by atoms with van der Waals surface area (Å²) in [5.74, 6) is -0.415. The molecule has 0 spiro atoms. The summed E-state index contributed by atoms with van der Waals surface area (Å²) in [5.41, 5.74) is 12.4. The van der Waals surface area contributed by atoms with Crippen LogP contribution in [0.5, 0.6) is 0 Å². The predicted molar refractivity (Wildman–Crippen MR) is 114 cm³/mol. The number of nitrogens with two attached hydrogens (primary N) is 1. The molecule has 1 heterocycles. The van der Waals surface area contributed by atoms with Gasteiger partial charge >= 0.3 is 0 Å². The van der Waals surface area contributed by atoms with E-state index in [4.69, 9.17) is 14.9 Å². The molecule has 0 atom stereocenters. The van der Waals surface area contributed by atoms with E-state index in [1.807, 2.05) is 12.1 Å². The van der Waals surface area contributed by atoms with Gasteiger partial charge in [-0.05, 0) is 43.4 Å². The molecule has 0 unspecified atom stereocenters. The average Bonchev–Trinajstić information content (AvgIpc) is 3.21. The molecule has 2 amide bonds. The van der Waals surface area contributed by atoms with E-state index in [0.29, 0.717) is 24.4 Å². The number of carbonyl (C=O) groups excluding carboxylic acids is 2. The van der Waals surface area contributed by atoms with Gasteiger partial charge in [0.25, 0.3) is 11.8 Å². The van der Waals surface area contributed by atoms with Crippen LogP contribution in [0.4, 0.5) is 0 Å². The zero-order chi connectivity index (χ0) is 21.6. The third kappa shape index (κ3) is 8.75. The van der Waals surface area contributed by atoms with E-state index in [9.17, 15) is 9.59 Å². The lowest BCUT2D eigenvalue weighted by Gasteiger charge is -2.08. The molecule has 0 saturated carbocycles. The number of hydrazine groups is 1. The van der Waals surface area contributed by atoms with Gasteiger partial charge in [-0.2, -0.15) is 0 Å². The summed E-state index contributed by atoms with van der Waals surface area (Å²) in [6.45, 7) is 4.56. The molecule has 1 aromatic heterocycles. The van der Waals surface area contributed by atoms with Gasteiger partial charge in [-0.25, -0.2) is 10.4 Å². The van der Waals surface area contributed by atoms with Crippen LogP contribution in [0.15, 0.2) is 34.9 Å². The number of nitrogens with zero attached hydrogens (tertiary/aromatic N) is 1. The molecule has 8 nitrogen and oxygen atoms in total. The minimum absolute atomic E-state index is 0.103. The molecule has 30 heavy (non-hydrogen) atoms. The Morgan fingerprint density at radius 1 is 1.07 bits per heavy atom. The Morgan fingerprint density at radius 2 is 1.80 bits per heavy atom. The third-order valence-corrected chi connectivity index (χ3v) is 4.56. The van der Waals surface area contributed by atoms with Crippen LogP contribution in [0.25, 0.3) is 0 Å². The molecule has 164 valence electrons. The SMILES string of the molecule is CCCCCOCCCCCNNC(=O)c1ccc(Cc2nc(C(N)=O)co2)cc1. The van der Waals surface area contributed by atoms with E-state index in [2.05, 4.69) is 22.8 Å². The highest BCUT2D eigenvalue weighted by atomic mass is 16.5. The Bertz CT molecular complexity index is 774. The first-order chi connectivity index (χ1) is 14.6. The van der Waals surface area contributed by atoms with Crippen LogP contribution in [0.3, 0.4) is 0 Å². The van der Waals surface area contributed by atoms with Crippen LogP contribution in [0.2, 0.25) is 0 Å². The molecule has 2 rings (SSSR count). The van der Waals surface area contributed by atoms with E-state index in [1.165, 1.54) is 19.1 Å². The van der Waals surface area contributed by atoms with Crippen molar-refractivity contribution in [1.82, 2.24) is 15.8 Å². The molecule has 0 aliphatic heterocycles. The lowest BCUT2D eigenvalue weighted by Crippen LogP contribution is -2.37. The summed E-state index contributed by atoms with van der Waals surface area (Å²) >= 11 is 0. The van der Waals surface area contributed by atoms with Crippen LogP contribution in [0.1, 0.15) is 77.7 Å². The second kappa shape index (κ2) is 13.5. The number of primary amides is 1. The Morgan fingerprint density at radius 3 is 2.47 bits per heavy atom. The van der Waals surface area contributed by atoms with E-state index < -0.39 is 5.91 Å². The topological polar surface area (TPSA) is 119 Å². The highest BCUT2D eigenvalue weighted by molar-refractivity contribution is 5.93. The maximum atomic E-state index is 12.2. The second-order valence-corrected chi connectivity index (χ2v) is 7.13. The molecule has 8 heteroatoms. The monoisotopic (exact) mass is 416 g/mol. The van der Waals surface area contributed by atoms with Gasteiger partial charge in [0.2, 0.25) is 0 Å². The number of aromatic nitrogens is 1. The maximum absolute atomic E-state index is 12.2. The zero-order valence-electron chi connectivity index (χ0n) is 17.6. The minimum atomic E-state index is -0.625. The maximum Gasteiger partial charge on any atom is 0.270 e. The molecule has 0 radical (unpaired) electrons. The smallest absolute Gasteiger partial charge is 0.270 e. The summed E-state index contributed by atoms with van der Waals surface area (Å²) in [5, 5.41) is 0. The molecule has 4 N–H and O–H groups in total. The van der Waals surface area contributed by atoms with Crippen molar-refractivity contribution in [3.8, 4) is 0 Å². The van der Waals surface area contributed by atoms with Crippen LogP contribution in [0, 0.1) is 0 Å². The van der Waals surface area contributed by atoms with Gasteiger partial charge in [-0.3, -0.25) is 15.0 Å². The van der Waals surface area contributed by atoms with Gasteiger partial charge in [-0.15, -0.1) is 0 Å². The fourth-order valence-corrected chi connectivity index (χ4v) is 2.82. The van der Waals surface area contributed by atoms with Crippen molar-refractivity contribution in [3.63, 3.8) is 0 Å². The van der Waals surface area contributed by atoms with Crippen molar-refractivity contribution in [2.75, 3.05) is 19.8 Å². The normalized spacial score (nSPS) is 10.8. The number of amides is 2. The lowest BCUT2D eigenvalue weighted by atomic mass is 10.1. The number of hydrogen-bond donors (Lipinski definition) is 3. The first-order valence-corrected chi connectivity index (χ1v) is 10.5. The molecular formula is C22H32N4O4. The lowest BCUT2D eigenvalue weighted by molar-refractivity contribution is 0.0931. The highest BCUT2D eigenvalue weighted by Gasteiger charge is 2.10. The molecule has 1 aromatic carbocycles. The number of benzene rings is 1. The van der Waals surface area contributed by atoms with Gasteiger partial charge in [-0.1, -0.05) is 31.9 Å². The number of nitrogens with one attached hydrogen (secondary N) is 2. The molecule has 0 aliphatic carbocycles. The van der Waals surface area contributed by atoms with Crippen molar-refractivity contribution in [2.45, 2.75) is 51.9 Å². The fourth-order valence-electron chi connectivity index (χ4n) is 2.82. The van der Waals surface area contributed by atoms with Crippen molar-refractivity contribution >= 4 is 11.8 Å². The van der Waals surface area contributed by atoms with Crippen molar-refractivity contribution in [3.05, 3.63) is 53.2 Å². The molecule has 0 bridgehead atoms. The van der Waals surface area contributed by atoms with Crippen molar-refractivity contribution in [1.29, 1.82) is 0 Å². The van der Waals surface area contributed by atoms with Gasteiger partial charge in [0.05, 0.1) is 0 Å². The van der Waals surface area contributed by atoms with Gasteiger partial charge in [0, 0.05) is 31.7 Å².